The van der Waals surface area contributed by atoms with E-state index in [2.05, 4.69) is 28.5 Å². The van der Waals surface area contributed by atoms with Gasteiger partial charge in [0.15, 0.2) is 0 Å². The first-order valence-corrected chi connectivity index (χ1v) is 9.30. The van der Waals surface area contributed by atoms with Crippen molar-refractivity contribution in [2.24, 2.45) is 0 Å². The van der Waals surface area contributed by atoms with E-state index in [-0.39, 0.29) is 0 Å². The monoisotopic (exact) mass is 370 g/mol. The Labute approximate surface area is 161 Å². The maximum absolute atomic E-state index is 12.0. The number of carbonyl (C=O) groups excluding carboxylic acids is 1. The molecule has 2 aromatic rings. The lowest BCUT2D eigenvalue weighted by Gasteiger charge is -2.25. The molecule has 0 aliphatic rings. The molecular weight excluding hydrogens is 340 g/mol. The molecule has 1 amide bonds. The molecule has 0 aliphatic heterocycles. The van der Waals surface area contributed by atoms with E-state index in [9.17, 15) is 9.90 Å². The molecule has 146 valence electrons. The zero-order valence-corrected chi connectivity index (χ0v) is 16.8. The Kier molecular flexibility index (Phi) is 6.97. The molecule has 2 rings (SSSR count). The molecule has 1 aromatic heterocycles. The summed E-state index contributed by atoms with van der Waals surface area (Å²) in [5, 5.41) is 12.8. The van der Waals surface area contributed by atoms with Crippen LogP contribution in [0.15, 0.2) is 42.6 Å². The van der Waals surface area contributed by atoms with Gasteiger partial charge in [-0.05, 0) is 57.7 Å². The van der Waals surface area contributed by atoms with Crippen LogP contribution >= 0.6 is 0 Å². The van der Waals surface area contributed by atoms with Crippen molar-refractivity contribution in [3.8, 4) is 0 Å². The molecule has 0 fully saturated rings. The van der Waals surface area contributed by atoms with Gasteiger partial charge in [0.25, 0.3) is 0 Å². The number of hydrogen-bond acceptors (Lipinski definition) is 4. The van der Waals surface area contributed by atoms with Gasteiger partial charge in [0.05, 0.1) is 12.1 Å². The second-order valence-corrected chi connectivity index (χ2v) is 7.97. The zero-order chi connectivity index (χ0) is 20.0. The van der Waals surface area contributed by atoms with Crippen molar-refractivity contribution < 1.29 is 14.6 Å². The molecule has 0 radical (unpaired) electrons. The molecule has 5 heteroatoms. The van der Waals surface area contributed by atoms with E-state index in [0.29, 0.717) is 6.42 Å². The third-order valence-corrected chi connectivity index (χ3v) is 4.20. The number of hydrogen-bond donors (Lipinski definition) is 2. The van der Waals surface area contributed by atoms with Gasteiger partial charge >= 0.3 is 6.09 Å². The van der Waals surface area contributed by atoms with Gasteiger partial charge < -0.3 is 15.2 Å². The number of pyridine rings is 1. The molecule has 0 saturated heterocycles. The normalized spacial score (nSPS) is 13.7. The molecule has 2 unspecified atom stereocenters. The standard InChI is InChI=1S/C22H30N2O3/c1-15-11-18(14-23-19(15)12-17-9-7-6-8-10-17)13-20(16(2)25)24-21(26)27-22(3,4)5/h6-11,14,16,20,25H,12-13H2,1-5H3,(H,24,26). The van der Waals surface area contributed by atoms with Gasteiger partial charge in [-0.25, -0.2) is 4.79 Å². The number of benzene rings is 1. The molecule has 0 bridgehead atoms. The predicted octanol–water partition coefficient (Wildman–Crippen LogP) is 3.80. The Morgan fingerprint density at radius 1 is 1.22 bits per heavy atom. The summed E-state index contributed by atoms with van der Waals surface area (Å²) in [5.41, 5.74) is 3.72. The van der Waals surface area contributed by atoms with Gasteiger partial charge in [-0.2, -0.15) is 0 Å². The van der Waals surface area contributed by atoms with Gasteiger partial charge in [-0.15, -0.1) is 0 Å². The van der Waals surface area contributed by atoms with Crippen LogP contribution in [-0.4, -0.2) is 33.9 Å². The third-order valence-electron chi connectivity index (χ3n) is 4.20. The second-order valence-electron chi connectivity index (χ2n) is 7.97. The van der Waals surface area contributed by atoms with E-state index >= 15 is 0 Å². The Bertz CT molecular complexity index is 752. The van der Waals surface area contributed by atoms with Crippen LogP contribution in [0.5, 0.6) is 0 Å². The smallest absolute Gasteiger partial charge is 0.407 e. The maximum Gasteiger partial charge on any atom is 0.407 e. The first kappa shape index (κ1) is 20.9. The number of aromatic nitrogens is 1. The number of aryl methyl sites for hydroxylation is 1. The van der Waals surface area contributed by atoms with Crippen LogP contribution in [0.3, 0.4) is 0 Å². The van der Waals surface area contributed by atoms with Crippen molar-refractivity contribution in [3.63, 3.8) is 0 Å². The number of amides is 1. The summed E-state index contributed by atoms with van der Waals surface area (Å²) in [6.07, 6.45) is 1.84. The largest absolute Gasteiger partial charge is 0.444 e. The summed E-state index contributed by atoms with van der Waals surface area (Å²) in [5.74, 6) is 0. The van der Waals surface area contributed by atoms with Gasteiger partial charge in [0.1, 0.15) is 5.60 Å². The van der Waals surface area contributed by atoms with Crippen molar-refractivity contribution in [3.05, 3.63) is 65.0 Å². The average molecular weight is 370 g/mol. The summed E-state index contributed by atoms with van der Waals surface area (Å²) in [6.45, 7) is 9.12. The highest BCUT2D eigenvalue weighted by atomic mass is 16.6. The number of aliphatic hydroxyl groups is 1. The quantitative estimate of drug-likeness (QED) is 0.811. The summed E-state index contributed by atoms with van der Waals surface area (Å²) in [6, 6.07) is 11.8. The van der Waals surface area contributed by atoms with E-state index in [4.69, 9.17) is 4.74 Å². The molecule has 27 heavy (non-hydrogen) atoms. The van der Waals surface area contributed by atoms with E-state index in [1.54, 1.807) is 6.92 Å². The van der Waals surface area contributed by atoms with Crippen LogP contribution in [0, 0.1) is 6.92 Å². The molecular formula is C22H30N2O3. The van der Waals surface area contributed by atoms with E-state index in [0.717, 1.165) is 23.2 Å². The summed E-state index contributed by atoms with van der Waals surface area (Å²) < 4.78 is 5.29. The molecule has 5 nitrogen and oxygen atoms in total. The van der Waals surface area contributed by atoms with Crippen LogP contribution in [-0.2, 0) is 17.6 Å². The number of aliphatic hydroxyl groups excluding tert-OH is 1. The van der Waals surface area contributed by atoms with Gasteiger partial charge in [-0.1, -0.05) is 36.4 Å². The van der Waals surface area contributed by atoms with Crippen molar-refractivity contribution in [1.82, 2.24) is 10.3 Å². The zero-order valence-electron chi connectivity index (χ0n) is 16.8. The van der Waals surface area contributed by atoms with Crippen molar-refractivity contribution in [2.45, 2.75) is 65.2 Å². The topological polar surface area (TPSA) is 71.5 Å². The number of nitrogens with zero attached hydrogens (tertiary/aromatic N) is 1. The number of alkyl carbamates (subject to hydrolysis) is 1. The van der Waals surface area contributed by atoms with Crippen LogP contribution < -0.4 is 5.32 Å². The lowest BCUT2D eigenvalue weighted by Crippen LogP contribution is -2.45. The number of carbonyl (C=O) groups is 1. The molecule has 0 saturated carbocycles. The number of ether oxygens (including phenoxy) is 1. The van der Waals surface area contributed by atoms with Crippen molar-refractivity contribution >= 4 is 6.09 Å². The Balaban J connectivity index is 2.05. The maximum atomic E-state index is 12.0. The van der Waals surface area contributed by atoms with Crippen LogP contribution in [0.2, 0.25) is 0 Å². The predicted molar refractivity (Wildman–Crippen MR) is 107 cm³/mol. The highest BCUT2D eigenvalue weighted by Crippen LogP contribution is 2.15. The van der Waals surface area contributed by atoms with Crippen molar-refractivity contribution in [1.29, 1.82) is 0 Å². The van der Waals surface area contributed by atoms with Gasteiger partial charge in [-0.3, -0.25) is 4.98 Å². The van der Waals surface area contributed by atoms with Crippen LogP contribution in [0.1, 0.15) is 50.1 Å². The van der Waals surface area contributed by atoms with Gasteiger partial charge in [0, 0.05) is 18.3 Å². The minimum absolute atomic E-state index is 0.443. The second kappa shape index (κ2) is 9.00. The van der Waals surface area contributed by atoms with Crippen LogP contribution in [0.25, 0.3) is 0 Å². The first-order valence-electron chi connectivity index (χ1n) is 9.30. The highest BCUT2D eigenvalue weighted by Gasteiger charge is 2.23. The van der Waals surface area contributed by atoms with E-state index < -0.39 is 23.8 Å². The van der Waals surface area contributed by atoms with E-state index in [1.165, 1.54) is 5.56 Å². The molecule has 0 spiro atoms. The summed E-state index contributed by atoms with van der Waals surface area (Å²) in [7, 11) is 0. The third kappa shape index (κ3) is 7.02. The molecule has 0 aliphatic carbocycles. The molecule has 1 aromatic carbocycles. The van der Waals surface area contributed by atoms with Crippen molar-refractivity contribution in [2.75, 3.05) is 0 Å². The first-order chi connectivity index (χ1) is 12.6. The Morgan fingerprint density at radius 3 is 2.44 bits per heavy atom. The lowest BCUT2D eigenvalue weighted by atomic mass is 10.00. The Hall–Kier alpha value is -2.40. The Morgan fingerprint density at radius 2 is 1.89 bits per heavy atom. The SMILES string of the molecule is Cc1cc(CC(NC(=O)OC(C)(C)C)C(C)O)cnc1Cc1ccccc1. The average Bonchev–Trinajstić information content (AvgIpc) is 2.56. The molecule has 1 heterocycles. The lowest BCUT2D eigenvalue weighted by molar-refractivity contribution is 0.0437. The highest BCUT2D eigenvalue weighted by molar-refractivity contribution is 5.68. The summed E-state index contributed by atoms with van der Waals surface area (Å²) in [4.78, 5) is 16.6. The molecule has 2 N–H and O–H groups in total. The van der Waals surface area contributed by atoms with Gasteiger partial charge in [0.2, 0.25) is 0 Å². The van der Waals surface area contributed by atoms with Crippen LogP contribution in [0.4, 0.5) is 4.79 Å². The fraction of sp³-hybridized carbons (Fsp3) is 0.455. The summed E-state index contributed by atoms with van der Waals surface area (Å²) >= 11 is 0. The fourth-order valence-corrected chi connectivity index (χ4v) is 2.80. The van der Waals surface area contributed by atoms with E-state index in [1.807, 2.05) is 52.1 Å². The minimum atomic E-state index is -0.707. The number of nitrogens with one attached hydrogen (secondary N) is 1. The molecule has 2 atom stereocenters. The number of rotatable bonds is 6. The fourth-order valence-electron chi connectivity index (χ4n) is 2.80. The minimum Gasteiger partial charge on any atom is -0.444 e.